The largest absolute Gasteiger partial charge is 0.504 e. The number of aromatic hydroxyl groups is 1. The van der Waals surface area contributed by atoms with Gasteiger partial charge < -0.3 is 20.3 Å². The third kappa shape index (κ3) is 3.42. The number of phenols is 1. The van der Waals surface area contributed by atoms with Crippen LogP contribution < -0.4 is 10.1 Å². The predicted molar refractivity (Wildman–Crippen MR) is 77.1 cm³/mol. The molecular weight excluding hydrogens is 258 g/mol. The molecule has 0 aromatic heterocycles. The lowest BCUT2D eigenvalue weighted by Gasteiger charge is -2.29. The van der Waals surface area contributed by atoms with Gasteiger partial charge in [-0.3, -0.25) is 4.79 Å². The Hall–Kier alpha value is -1.75. The van der Waals surface area contributed by atoms with Gasteiger partial charge in [0.2, 0.25) is 0 Å². The lowest BCUT2D eigenvalue weighted by Crippen LogP contribution is -2.39. The van der Waals surface area contributed by atoms with E-state index in [0.717, 1.165) is 12.8 Å². The number of aliphatic hydroxyl groups excluding tert-OH is 1. The van der Waals surface area contributed by atoms with Crippen LogP contribution in [-0.2, 0) is 0 Å². The summed E-state index contributed by atoms with van der Waals surface area (Å²) in [7, 11) is 1.43. The van der Waals surface area contributed by atoms with E-state index in [1.54, 1.807) is 12.1 Å². The van der Waals surface area contributed by atoms with Gasteiger partial charge in [0, 0.05) is 12.0 Å². The molecule has 0 fully saturated rings. The minimum atomic E-state index is -0.374. The van der Waals surface area contributed by atoms with Crippen LogP contribution in [0.2, 0.25) is 0 Å². The van der Waals surface area contributed by atoms with E-state index >= 15 is 0 Å². The summed E-state index contributed by atoms with van der Waals surface area (Å²) in [6.07, 6.45) is 1.54. The van der Waals surface area contributed by atoms with Crippen molar-refractivity contribution in [2.45, 2.75) is 26.7 Å². The number of carbonyl (C=O) groups excluding carboxylic acids is 1. The maximum atomic E-state index is 12.1. The van der Waals surface area contributed by atoms with Gasteiger partial charge in [-0.05, 0) is 25.0 Å². The van der Waals surface area contributed by atoms with Gasteiger partial charge in [0.05, 0.1) is 19.3 Å². The fourth-order valence-corrected chi connectivity index (χ4v) is 2.01. The van der Waals surface area contributed by atoms with Crippen molar-refractivity contribution >= 4 is 5.91 Å². The van der Waals surface area contributed by atoms with Crippen LogP contribution in [0.4, 0.5) is 0 Å². The van der Waals surface area contributed by atoms with Crippen LogP contribution in [0, 0.1) is 5.41 Å². The number of carbonyl (C=O) groups is 1. The van der Waals surface area contributed by atoms with Gasteiger partial charge >= 0.3 is 0 Å². The molecule has 1 aromatic rings. The average molecular weight is 281 g/mol. The van der Waals surface area contributed by atoms with Crippen molar-refractivity contribution in [3.63, 3.8) is 0 Å². The predicted octanol–water partition coefficient (Wildman–Crippen LogP) is 1.93. The number of nitrogens with one attached hydrogen (secondary N) is 1. The molecule has 0 spiro atoms. The molecular formula is C15H23NO4. The summed E-state index contributed by atoms with van der Waals surface area (Å²) in [6.45, 7) is 4.35. The third-order valence-corrected chi connectivity index (χ3v) is 3.92. The molecule has 0 unspecified atom stereocenters. The Morgan fingerprint density at radius 2 is 2.00 bits per heavy atom. The van der Waals surface area contributed by atoms with E-state index in [4.69, 9.17) is 4.74 Å². The zero-order valence-corrected chi connectivity index (χ0v) is 12.3. The zero-order chi connectivity index (χ0) is 15.2. The van der Waals surface area contributed by atoms with E-state index in [0.29, 0.717) is 6.54 Å². The van der Waals surface area contributed by atoms with Gasteiger partial charge in [0.15, 0.2) is 11.5 Å². The van der Waals surface area contributed by atoms with Gasteiger partial charge in [-0.2, -0.15) is 0 Å². The molecule has 0 heterocycles. The standard InChI is InChI=1S/C15H23NO4/c1-4-15(5-2,10-17)9-16-14(19)11-7-6-8-12(20-3)13(11)18/h6-8,17-18H,4-5,9-10H2,1-3H3,(H,16,19). The lowest BCUT2D eigenvalue weighted by atomic mass is 9.83. The number of rotatable bonds is 7. The molecule has 0 atom stereocenters. The Labute approximate surface area is 119 Å². The number of para-hydroxylation sites is 1. The molecule has 20 heavy (non-hydrogen) atoms. The van der Waals surface area contributed by atoms with Crippen LogP contribution in [-0.4, -0.2) is 36.4 Å². The first-order chi connectivity index (χ1) is 9.53. The number of hydrogen-bond acceptors (Lipinski definition) is 4. The monoisotopic (exact) mass is 281 g/mol. The molecule has 1 aromatic carbocycles. The first kappa shape index (κ1) is 16.3. The summed E-state index contributed by atoms with van der Waals surface area (Å²) < 4.78 is 4.97. The van der Waals surface area contributed by atoms with Crippen LogP contribution >= 0.6 is 0 Å². The molecule has 0 aliphatic carbocycles. The number of amides is 1. The van der Waals surface area contributed by atoms with Crippen LogP contribution in [0.3, 0.4) is 0 Å². The van der Waals surface area contributed by atoms with Crippen LogP contribution in [0.15, 0.2) is 18.2 Å². The Balaban J connectivity index is 2.82. The van der Waals surface area contributed by atoms with Gasteiger partial charge in [-0.15, -0.1) is 0 Å². The first-order valence-corrected chi connectivity index (χ1v) is 6.78. The van der Waals surface area contributed by atoms with Crippen molar-refractivity contribution in [3.05, 3.63) is 23.8 Å². The molecule has 0 bridgehead atoms. The van der Waals surface area contributed by atoms with Gasteiger partial charge in [0.25, 0.3) is 5.91 Å². The summed E-state index contributed by atoms with van der Waals surface area (Å²) in [5.74, 6) is -0.284. The Morgan fingerprint density at radius 3 is 2.50 bits per heavy atom. The topological polar surface area (TPSA) is 78.8 Å². The Bertz CT molecular complexity index is 447. The minimum Gasteiger partial charge on any atom is -0.504 e. The molecule has 1 amide bonds. The van der Waals surface area contributed by atoms with Gasteiger partial charge in [-0.1, -0.05) is 19.9 Å². The molecule has 5 nitrogen and oxygen atoms in total. The summed E-state index contributed by atoms with van der Waals surface area (Å²) in [5, 5.41) is 22.2. The molecule has 0 saturated heterocycles. The Morgan fingerprint density at radius 1 is 1.35 bits per heavy atom. The summed E-state index contributed by atoms with van der Waals surface area (Å²) >= 11 is 0. The molecule has 0 aliphatic heterocycles. The number of methoxy groups -OCH3 is 1. The molecule has 0 saturated carbocycles. The molecule has 5 heteroatoms. The second kappa shape index (κ2) is 7.14. The number of benzene rings is 1. The summed E-state index contributed by atoms with van der Waals surface area (Å²) in [4.78, 5) is 12.1. The molecule has 3 N–H and O–H groups in total. The average Bonchev–Trinajstić information content (AvgIpc) is 2.49. The SMILES string of the molecule is CCC(CC)(CO)CNC(=O)c1cccc(OC)c1O. The van der Waals surface area contributed by atoms with Crippen molar-refractivity contribution < 1.29 is 19.7 Å². The molecule has 0 aliphatic rings. The van der Waals surface area contributed by atoms with E-state index in [9.17, 15) is 15.0 Å². The number of ether oxygens (including phenoxy) is 1. The second-order valence-corrected chi connectivity index (χ2v) is 4.90. The highest BCUT2D eigenvalue weighted by atomic mass is 16.5. The minimum absolute atomic E-state index is 0.0182. The molecule has 112 valence electrons. The zero-order valence-electron chi connectivity index (χ0n) is 12.3. The quantitative estimate of drug-likeness (QED) is 0.713. The lowest BCUT2D eigenvalue weighted by molar-refractivity contribution is 0.0848. The van der Waals surface area contributed by atoms with Crippen molar-refractivity contribution in [2.75, 3.05) is 20.3 Å². The smallest absolute Gasteiger partial charge is 0.255 e. The summed E-state index contributed by atoms with van der Waals surface area (Å²) in [5.41, 5.74) is -0.146. The molecule has 1 rings (SSSR count). The van der Waals surface area contributed by atoms with E-state index in [2.05, 4.69) is 5.32 Å². The van der Waals surface area contributed by atoms with Crippen molar-refractivity contribution in [2.24, 2.45) is 5.41 Å². The van der Waals surface area contributed by atoms with Crippen molar-refractivity contribution in [1.29, 1.82) is 0 Å². The van der Waals surface area contributed by atoms with E-state index < -0.39 is 0 Å². The molecule has 0 radical (unpaired) electrons. The number of phenolic OH excluding ortho intramolecular Hbond substituents is 1. The van der Waals surface area contributed by atoms with Crippen LogP contribution in [0.25, 0.3) is 0 Å². The van der Waals surface area contributed by atoms with Crippen molar-refractivity contribution in [3.8, 4) is 11.5 Å². The Kier molecular flexibility index (Phi) is 5.82. The number of hydrogen-bond donors (Lipinski definition) is 3. The highest BCUT2D eigenvalue weighted by Crippen LogP contribution is 2.30. The fourth-order valence-electron chi connectivity index (χ4n) is 2.01. The highest BCUT2D eigenvalue weighted by Gasteiger charge is 2.26. The van der Waals surface area contributed by atoms with Gasteiger partial charge in [-0.25, -0.2) is 0 Å². The normalized spacial score (nSPS) is 11.2. The van der Waals surface area contributed by atoms with Crippen LogP contribution in [0.5, 0.6) is 11.5 Å². The van der Waals surface area contributed by atoms with E-state index in [-0.39, 0.29) is 35.0 Å². The first-order valence-electron chi connectivity index (χ1n) is 6.78. The maximum Gasteiger partial charge on any atom is 0.255 e. The third-order valence-electron chi connectivity index (χ3n) is 3.92. The van der Waals surface area contributed by atoms with E-state index in [1.165, 1.54) is 13.2 Å². The highest BCUT2D eigenvalue weighted by molar-refractivity contribution is 5.97. The van der Waals surface area contributed by atoms with Crippen LogP contribution in [0.1, 0.15) is 37.0 Å². The van der Waals surface area contributed by atoms with Gasteiger partial charge in [0.1, 0.15) is 0 Å². The fraction of sp³-hybridized carbons (Fsp3) is 0.533. The maximum absolute atomic E-state index is 12.1. The van der Waals surface area contributed by atoms with Crippen molar-refractivity contribution in [1.82, 2.24) is 5.32 Å². The number of aliphatic hydroxyl groups is 1. The second-order valence-electron chi connectivity index (χ2n) is 4.90. The van der Waals surface area contributed by atoms with E-state index in [1.807, 2.05) is 13.8 Å². The summed E-state index contributed by atoms with van der Waals surface area (Å²) in [6, 6.07) is 4.76.